The summed E-state index contributed by atoms with van der Waals surface area (Å²) in [6.07, 6.45) is 1.34. The van der Waals surface area contributed by atoms with Gasteiger partial charge in [-0.05, 0) is 56.5 Å². The van der Waals surface area contributed by atoms with Gasteiger partial charge in [0.1, 0.15) is 0 Å². The summed E-state index contributed by atoms with van der Waals surface area (Å²) in [5.41, 5.74) is 2.87. The van der Waals surface area contributed by atoms with Crippen molar-refractivity contribution in [2.45, 2.75) is 32.6 Å². The first-order valence-electron chi connectivity index (χ1n) is 7.90. The molecule has 26 heavy (non-hydrogen) atoms. The Kier molecular flexibility index (Phi) is 6.55. The van der Waals surface area contributed by atoms with Crippen LogP contribution in [-0.2, 0) is 10.0 Å². The molecule has 0 heterocycles. The molecule has 0 aromatic heterocycles. The zero-order valence-corrected chi connectivity index (χ0v) is 17.3. The minimum absolute atomic E-state index is 0.225. The molecular formula is C18H20Cl2N2O3S. The molecule has 0 saturated heterocycles. The van der Waals surface area contributed by atoms with Crippen molar-refractivity contribution in [1.29, 1.82) is 0 Å². The highest BCUT2D eigenvalue weighted by Crippen LogP contribution is 2.33. The number of aryl methyl sites for hydroxylation is 3. The van der Waals surface area contributed by atoms with Crippen molar-refractivity contribution < 1.29 is 13.2 Å². The van der Waals surface area contributed by atoms with Crippen molar-refractivity contribution in [2.75, 3.05) is 6.61 Å². The molecule has 0 aliphatic rings. The molecule has 0 saturated carbocycles. The van der Waals surface area contributed by atoms with Crippen LogP contribution in [0.25, 0.3) is 0 Å². The normalized spacial score (nSPS) is 11.8. The Morgan fingerprint density at radius 3 is 2.12 bits per heavy atom. The lowest BCUT2D eigenvalue weighted by molar-refractivity contribution is 0.340. The minimum Gasteiger partial charge on any atom is -0.491 e. The number of hydrazone groups is 1. The topological polar surface area (TPSA) is 67.8 Å². The Hall–Kier alpha value is -1.76. The van der Waals surface area contributed by atoms with Crippen molar-refractivity contribution in [1.82, 2.24) is 4.83 Å². The van der Waals surface area contributed by atoms with Gasteiger partial charge in [0, 0.05) is 0 Å². The van der Waals surface area contributed by atoms with Crippen LogP contribution in [0.4, 0.5) is 0 Å². The van der Waals surface area contributed by atoms with Gasteiger partial charge in [-0.1, -0.05) is 40.9 Å². The molecule has 0 amide bonds. The van der Waals surface area contributed by atoms with Crippen LogP contribution in [0.1, 0.15) is 29.2 Å². The molecule has 0 fully saturated rings. The van der Waals surface area contributed by atoms with Crippen LogP contribution in [0.2, 0.25) is 10.0 Å². The van der Waals surface area contributed by atoms with Crippen LogP contribution in [0.5, 0.6) is 5.75 Å². The highest BCUT2D eigenvalue weighted by molar-refractivity contribution is 7.89. The van der Waals surface area contributed by atoms with E-state index in [1.54, 1.807) is 26.0 Å². The third kappa shape index (κ3) is 4.69. The fourth-order valence-corrected chi connectivity index (χ4v) is 4.60. The first-order chi connectivity index (χ1) is 12.2. The minimum atomic E-state index is -3.78. The first kappa shape index (κ1) is 20.6. The number of nitrogens with one attached hydrogen (secondary N) is 1. The van der Waals surface area contributed by atoms with Crippen molar-refractivity contribution in [3.05, 3.63) is 56.6 Å². The molecule has 8 heteroatoms. The molecule has 5 nitrogen and oxygen atoms in total. The lowest BCUT2D eigenvalue weighted by atomic mass is 10.1. The summed E-state index contributed by atoms with van der Waals surface area (Å²) in [6, 6.07) is 6.83. The quantitative estimate of drug-likeness (QED) is 0.553. The Morgan fingerprint density at radius 2 is 1.62 bits per heavy atom. The van der Waals surface area contributed by atoms with E-state index in [0.29, 0.717) is 39.1 Å². The molecule has 0 aliphatic carbocycles. The van der Waals surface area contributed by atoms with E-state index in [9.17, 15) is 8.42 Å². The summed E-state index contributed by atoms with van der Waals surface area (Å²) in [5, 5.41) is 4.49. The van der Waals surface area contributed by atoms with E-state index in [1.165, 1.54) is 6.21 Å². The second kappa shape index (κ2) is 8.29. The summed E-state index contributed by atoms with van der Waals surface area (Å²) in [5.74, 6) is 0.388. The maximum Gasteiger partial charge on any atom is 0.277 e. The maximum atomic E-state index is 12.6. The lowest BCUT2D eigenvalue weighted by Gasteiger charge is -2.11. The number of benzene rings is 2. The number of hydrogen-bond acceptors (Lipinski definition) is 4. The monoisotopic (exact) mass is 414 g/mol. The van der Waals surface area contributed by atoms with Gasteiger partial charge in [-0.15, -0.1) is 0 Å². The zero-order chi connectivity index (χ0) is 19.5. The fourth-order valence-electron chi connectivity index (χ4n) is 2.74. The number of hydrogen-bond donors (Lipinski definition) is 1. The van der Waals surface area contributed by atoms with E-state index >= 15 is 0 Å². The number of sulfonamides is 1. The van der Waals surface area contributed by atoms with E-state index < -0.39 is 10.0 Å². The van der Waals surface area contributed by atoms with Crippen LogP contribution in [-0.4, -0.2) is 21.2 Å². The van der Waals surface area contributed by atoms with E-state index in [4.69, 9.17) is 27.9 Å². The summed E-state index contributed by atoms with van der Waals surface area (Å²) in [7, 11) is -3.78. The predicted molar refractivity (Wildman–Crippen MR) is 106 cm³/mol. The van der Waals surface area contributed by atoms with Gasteiger partial charge in [0.2, 0.25) is 0 Å². The zero-order valence-electron chi connectivity index (χ0n) is 14.9. The van der Waals surface area contributed by atoms with Crippen molar-refractivity contribution >= 4 is 39.4 Å². The average molecular weight is 415 g/mol. The molecule has 2 rings (SSSR count). The summed E-state index contributed by atoms with van der Waals surface area (Å²) < 4.78 is 30.5. The molecule has 0 unspecified atom stereocenters. The second-order valence-electron chi connectivity index (χ2n) is 5.83. The average Bonchev–Trinajstić information content (AvgIpc) is 2.49. The van der Waals surface area contributed by atoms with Crippen molar-refractivity contribution in [2.24, 2.45) is 5.10 Å². The summed E-state index contributed by atoms with van der Waals surface area (Å²) in [4.78, 5) is 2.45. The first-order valence-corrected chi connectivity index (χ1v) is 10.1. The number of rotatable bonds is 6. The predicted octanol–water partition coefficient (Wildman–Crippen LogP) is 4.63. The van der Waals surface area contributed by atoms with Gasteiger partial charge < -0.3 is 4.74 Å². The third-order valence-corrected chi connectivity index (χ3v) is 5.66. The second-order valence-corrected chi connectivity index (χ2v) is 8.24. The molecule has 1 N–H and O–H groups in total. The van der Waals surface area contributed by atoms with E-state index in [-0.39, 0.29) is 4.90 Å². The van der Waals surface area contributed by atoms with Crippen LogP contribution in [0.3, 0.4) is 0 Å². The van der Waals surface area contributed by atoms with Gasteiger partial charge in [0.05, 0.1) is 27.8 Å². The van der Waals surface area contributed by atoms with Gasteiger partial charge in [-0.25, -0.2) is 4.83 Å². The SMILES string of the molecule is CCOc1c(Cl)cc(/C=N/NS(=O)(=O)c2c(C)cc(C)cc2C)cc1Cl. The summed E-state index contributed by atoms with van der Waals surface area (Å²) in [6.45, 7) is 7.68. The number of halogens is 2. The lowest BCUT2D eigenvalue weighted by Crippen LogP contribution is -2.20. The highest BCUT2D eigenvalue weighted by atomic mass is 35.5. The van der Waals surface area contributed by atoms with Crippen LogP contribution in [0.15, 0.2) is 34.3 Å². The third-order valence-electron chi connectivity index (χ3n) is 3.57. The number of ether oxygens (including phenoxy) is 1. The molecule has 0 bridgehead atoms. The Labute approximate surface area is 164 Å². The molecule has 2 aromatic rings. The molecule has 0 spiro atoms. The van der Waals surface area contributed by atoms with Crippen molar-refractivity contribution in [3.8, 4) is 5.75 Å². The Bertz CT molecular complexity index is 911. The molecule has 0 radical (unpaired) electrons. The largest absolute Gasteiger partial charge is 0.491 e. The Balaban J connectivity index is 2.25. The molecule has 140 valence electrons. The Morgan fingerprint density at radius 1 is 1.08 bits per heavy atom. The van der Waals surface area contributed by atoms with Gasteiger partial charge in [-0.2, -0.15) is 13.5 Å². The van der Waals surface area contributed by atoms with Crippen LogP contribution < -0.4 is 9.57 Å². The number of nitrogens with zero attached hydrogens (tertiary/aromatic N) is 1. The van der Waals surface area contributed by atoms with E-state index in [2.05, 4.69) is 9.93 Å². The van der Waals surface area contributed by atoms with Gasteiger partial charge in [0.25, 0.3) is 10.0 Å². The molecule has 2 aromatic carbocycles. The van der Waals surface area contributed by atoms with Gasteiger partial charge in [-0.3, -0.25) is 0 Å². The van der Waals surface area contributed by atoms with Crippen molar-refractivity contribution in [3.63, 3.8) is 0 Å². The van der Waals surface area contributed by atoms with Crippen LogP contribution in [0, 0.1) is 20.8 Å². The van der Waals surface area contributed by atoms with Gasteiger partial charge >= 0.3 is 0 Å². The standard InChI is InChI=1S/C18H20Cl2N2O3S/c1-5-25-17-15(19)8-14(9-16(17)20)10-21-22-26(23,24)18-12(3)6-11(2)7-13(18)4/h6-10,22H,5H2,1-4H3/b21-10+. The summed E-state index contributed by atoms with van der Waals surface area (Å²) >= 11 is 12.2. The van der Waals surface area contributed by atoms with E-state index in [0.717, 1.165) is 5.56 Å². The molecule has 0 atom stereocenters. The maximum absolute atomic E-state index is 12.6. The fraction of sp³-hybridized carbons (Fsp3) is 0.278. The van der Waals surface area contributed by atoms with Gasteiger partial charge in [0.15, 0.2) is 5.75 Å². The molecule has 0 aliphatic heterocycles. The highest BCUT2D eigenvalue weighted by Gasteiger charge is 2.19. The molecular weight excluding hydrogens is 395 g/mol. The smallest absolute Gasteiger partial charge is 0.277 e. The van der Waals surface area contributed by atoms with E-state index in [1.807, 2.05) is 26.0 Å². The van der Waals surface area contributed by atoms with Crippen LogP contribution >= 0.6 is 23.2 Å².